The van der Waals surface area contributed by atoms with Gasteiger partial charge in [-0.05, 0) is 58.4 Å². The Labute approximate surface area is 238 Å². The minimum atomic E-state index is -0.470. The zero-order chi connectivity index (χ0) is 29.6. The van der Waals surface area contributed by atoms with E-state index in [4.69, 9.17) is 28.4 Å². The van der Waals surface area contributed by atoms with Gasteiger partial charge in [0.1, 0.15) is 37.9 Å². The lowest BCUT2D eigenvalue weighted by Gasteiger charge is -2.25. The zero-order valence-electron chi connectivity index (χ0n) is 24.7. The van der Waals surface area contributed by atoms with Crippen LogP contribution in [0.15, 0.2) is 55.1 Å². The first-order chi connectivity index (χ1) is 18.9. The van der Waals surface area contributed by atoms with Gasteiger partial charge in [-0.15, -0.1) is 0 Å². The normalized spacial score (nSPS) is 11.6. The molecule has 0 N–H and O–H groups in total. The Bertz CT molecular complexity index is 1050. The Morgan fingerprint density at radius 3 is 1.50 bits per heavy atom. The van der Waals surface area contributed by atoms with E-state index >= 15 is 0 Å². The summed E-state index contributed by atoms with van der Waals surface area (Å²) in [5.41, 5.74) is 2.62. The molecule has 0 bridgehead atoms. The topological polar surface area (TPSA) is 89.5 Å². The number of benzene rings is 2. The van der Waals surface area contributed by atoms with Crippen LogP contribution in [0, 0.1) is 0 Å². The van der Waals surface area contributed by atoms with Gasteiger partial charge in [-0.2, -0.15) is 0 Å². The van der Waals surface area contributed by atoms with Crippen LogP contribution in [0.2, 0.25) is 0 Å². The van der Waals surface area contributed by atoms with Gasteiger partial charge in [-0.3, -0.25) is 0 Å². The summed E-state index contributed by atoms with van der Waals surface area (Å²) in [6.45, 7) is 18.5. The molecule has 0 radical (unpaired) electrons. The minimum absolute atomic E-state index is 0.0761. The lowest BCUT2D eigenvalue weighted by Crippen LogP contribution is -2.19. The first-order valence-electron chi connectivity index (χ1n) is 13.5. The maximum Gasteiger partial charge on any atom is 0.338 e. The van der Waals surface area contributed by atoms with Crippen LogP contribution in [0.1, 0.15) is 63.0 Å². The van der Waals surface area contributed by atoms with Crippen molar-refractivity contribution in [2.75, 3.05) is 52.9 Å². The highest BCUT2D eigenvalue weighted by Gasteiger charge is 2.22. The molecule has 0 amide bonds. The largest absolute Gasteiger partial charge is 0.491 e. The van der Waals surface area contributed by atoms with Crippen molar-refractivity contribution in [3.05, 3.63) is 71.8 Å². The van der Waals surface area contributed by atoms with E-state index in [-0.39, 0.29) is 36.6 Å². The van der Waals surface area contributed by atoms with Crippen molar-refractivity contribution in [2.45, 2.75) is 52.4 Å². The van der Waals surface area contributed by atoms with E-state index in [1.807, 2.05) is 24.3 Å². The fourth-order valence-corrected chi connectivity index (χ4v) is 3.42. The third-order valence-corrected chi connectivity index (χ3v) is 5.82. The molecule has 2 rings (SSSR count). The Balaban J connectivity index is 1.62. The lowest BCUT2D eigenvalue weighted by molar-refractivity contribution is -0.139. The Kier molecular flexibility index (Phi) is 13.2. The maximum absolute atomic E-state index is 12.7. The van der Waals surface area contributed by atoms with Gasteiger partial charge in [0.05, 0.1) is 32.0 Å². The van der Waals surface area contributed by atoms with Crippen molar-refractivity contribution in [1.29, 1.82) is 0 Å². The first-order valence-corrected chi connectivity index (χ1v) is 13.5. The van der Waals surface area contributed by atoms with E-state index in [0.29, 0.717) is 50.1 Å². The van der Waals surface area contributed by atoms with Gasteiger partial charge in [-0.25, -0.2) is 9.59 Å². The van der Waals surface area contributed by atoms with Gasteiger partial charge >= 0.3 is 11.9 Å². The van der Waals surface area contributed by atoms with Crippen molar-refractivity contribution in [3.8, 4) is 11.5 Å². The molecule has 0 saturated carbocycles. The molecule has 0 atom stereocenters. The summed E-state index contributed by atoms with van der Waals surface area (Å²) in [5, 5.41) is 0. The second-order valence-electron chi connectivity index (χ2n) is 11.2. The van der Waals surface area contributed by atoms with Gasteiger partial charge < -0.3 is 28.4 Å². The van der Waals surface area contributed by atoms with E-state index in [9.17, 15) is 9.59 Å². The third-order valence-electron chi connectivity index (χ3n) is 5.82. The number of hydrogen-bond acceptors (Lipinski definition) is 8. The van der Waals surface area contributed by atoms with E-state index in [0.717, 1.165) is 17.2 Å². The molecule has 2 aromatic rings. The standard InChI is InChI=1S/C32H44O8/c1-8-29(33)39-19-15-35-13-17-37-27-9-11-28(12-10-27)38-18-14-36-16-20-40-30(34)24-21-25(31(2,3)4)23-26(22-24)32(5,6)7/h8-12,21-23H,1,13-20H2,2-7H3. The first kappa shape index (κ1) is 32.8. The number of rotatable bonds is 16. The molecular weight excluding hydrogens is 512 g/mol. The molecule has 0 aliphatic rings. The quantitative estimate of drug-likeness (QED) is 0.149. The molecule has 0 aromatic heterocycles. The molecule has 0 spiro atoms. The molecule has 8 heteroatoms. The van der Waals surface area contributed by atoms with E-state index in [2.05, 4.69) is 54.2 Å². The van der Waals surface area contributed by atoms with E-state index < -0.39 is 5.97 Å². The van der Waals surface area contributed by atoms with E-state index in [1.165, 1.54) is 0 Å². The van der Waals surface area contributed by atoms with Gasteiger partial charge in [0.2, 0.25) is 0 Å². The highest BCUT2D eigenvalue weighted by Crippen LogP contribution is 2.30. The Morgan fingerprint density at radius 2 is 1.07 bits per heavy atom. The van der Waals surface area contributed by atoms with Crippen LogP contribution in [0.5, 0.6) is 11.5 Å². The zero-order valence-corrected chi connectivity index (χ0v) is 24.7. The monoisotopic (exact) mass is 556 g/mol. The fourth-order valence-electron chi connectivity index (χ4n) is 3.42. The number of hydrogen-bond donors (Lipinski definition) is 0. The number of carbonyl (C=O) groups is 2. The fraction of sp³-hybridized carbons (Fsp3) is 0.500. The average molecular weight is 557 g/mol. The SMILES string of the molecule is C=CC(=O)OCCOCCOc1ccc(OCCOCCOC(=O)c2cc(C(C)(C)C)cc(C(C)(C)C)c2)cc1. The van der Waals surface area contributed by atoms with Gasteiger partial charge in [0.15, 0.2) is 0 Å². The summed E-state index contributed by atoms with van der Waals surface area (Å²) in [7, 11) is 0. The van der Waals surface area contributed by atoms with Crippen LogP contribution in [0.4, 0.5) is 0 Å². The Morgan fingerprint density at radius 1 is 0.650 bits per heavy atom. The van der Waals surface area contributed by atoms with Crippen LogP contribution < -0.4 is 9.47 Å². The van der Waals surface area contributed by atoms with Crippen LogP contribution in [0.25, 0.3) is 0 Å². The summed E-state index contributed by atoms with van der Waals surface area (Å²) in [4.78, 5) is 23.6. The molecule has 0 aliphatic heterocycles. The summed E-state index contributed by atoms with van der Waals surface area (Å²) in [6, 6.07) is 13.2. The van der Waals surface area contributed by atoms with Gasteiger partial charge in [0, 0.05) is 6.08 Å². The summed E-state index contributed by atoms with van der Waals surface area (Å²) < 4.78 is 32.5. The van der Waals surface area contributed by atoms with Crippen molar-refractivity contribution in [1.82, 2.24) is 0 Å². The molecule has 0 aliphatic carbocycles. The molecule has 8 nitrogen and oxygen atoms in total. The summed E-state index contributed by atoms with van der Waals surface area (Å²) in [5.74, 6) is 0.563. The molecule has 0 unspecified atom stereocenters. The summed E-state index contributed by atoms with van der Waals surface area (Å²) >= 11 is 0. The molecular formula is C32H44O8. The molecule has 2 aromatic carbocycles. The van der Waals surface area contributed by atoms with E-state index in [1.54, 1.807) is 12.1 Å². The van der Waals surface area contributed by atoms with Crippen LogP contribution in [-0.2, 0) is 34.6 Å². The highest BCUT2D eigenvalue weighted by molar-refractivity contribution is 5.90. The molecule has 0 heterocycles. The van der Waals surface area contributed by atoms with Crippen LogP contribution in [0.3, 0.4) is 0 Å². The van der Waals surface area contributed by atoms with Crippen molar-refractivity contribution in [2.24, 2.45) is 0 Å². The van der Waals surface area contributed by atoms with Crippen LogP contribution >= 0.6 is 0 Å². The molecule has 0 fully saturated rings. The number of esters is 2. The second-order valence-corrected chi connectivity index (χ2v) is 11.2. The second kappa shape index (κ2) is 16.0. The third kappa shape index (κ3) is 12.2. The summed E-state index contributed by atoms with van der Waals surface area (Å²) in [6.07, 6.45) is 1.11. The van der Waals surface area contributed by atoms with Crippen molar-refractivity contribution >= 4 is 11.9 Å². The predicted octanol–water partition coefficient (Wildman–Crippen LogP) is 5.66. The molecule has 40 heavy (non-hydrogen) atoms. The molecule has 220 valence electrons. The number of ether oxygens (including phenoxy) is 6. The minimum Gasteiger partial charge on any atom is -0.491 e. The van der Waals surface area contributed by atoms with Crippen LogP contribution in [-0.4, -0.2) is 64.8 Å². The van der Waals surface area contributed by atoms with Crippen molar-refractivity contribution < 1.29 is 38.0 Å². The average Bonchev–Trinajstić information content (AvgIpc) is 2.91. The number of carbonyl (C=O) groups excluding carboxylic acids is 2. The predicted molar refractivity (Wildman–Crippen MR) is 154 cm³/mol. The lowest BCUT2D eigenvalue weighted by atomic mass is 9.79. The van der Waals surface area contributed by atoms with Crippen molar-refractivity contribution in [3.63, 3.8) is 0 Å². The Hall–Kier alpha value is -3.36. The highest BCUT2D eigenvalue weighted by atomic mass is 16.6. The van der Waals surface area contributed by atoms with Gasteiger partial charge in [-0.1, -0.05) is 54.2 Å². The maximum atomic E-state index is 12.7. The smallest absolute Gasteiger partial charge is 0.338 e. The molecule has 0 saturated heterocycles. The van der Waals surface area contributed by atoms with Gasteiger partial charge in [0.25, 0.3) is 0 Å².